The summed E-state index contributed by atoms with van der Waals surface area (Å²) in [6.45, 7) is 2.86. The van der Waals surface area contributed by atoms with Gasteiger partial charge in [-0.15, -0.1) is 0 Å². The summed E-state index contributed by atoms with van der Waals surface area (Å²) in [5.41, 5.74) is 1.31. The van der Waals surface area contributed by atoms with Gasteiger partial charge in [0, 0.05) is 13.0 Å². The summed E-state index contributed by atoms with van der Waals surface area (Å²) in [5.74, 6) is 0.177. The van der Waals surface area contributed by atoms with E-state index in [0.29, 0.717) is 13.0 Å². The summed E-state index contributed by atoms with van der Waals surface area (Å²) in [6.07, 6.45) is 4.78. The van der Waals surface area contributed by atoms with Crippen LogP contribution in [0.3, 0.4) is 0 Å². The standard InChI is InChI=1S/C24H25NO/c1-2-3-4-8-22(26)25-16-15-17-9-10-20-12-11-18-6-5-7-19-13-14-21(17)24(20)23(18)19/h5-7,9-14H,2-4,8,15-16H2,1H3,(H,25,26). The van der Waals surface area contributed by atoms with Crippen molar-refractivity contribution in [3.63, 3.8) is 0 Å². The third-order valence-corrected chi connectivity index (χ3v) is 5.34. The number of carbonyl (C=O) groups excluding carboxylic acids is 1. The molecule has 2 heteroatoms. The minimum absolute atomic E-state index is 0.177. The molecular weight excluding hydrogens is 318 g/mol. The molecule has 4 rings (SSSR count). The van der Waals surface area contributed by atoms with Crippen LogP contribution in [0.2, 0.25) is 0 Å². The lowest BCUT2D eigenvalue weighted by molar-refractivity contribution is -0.121. The molecule has 0 aliphatic carbocycles. The number of carbonyl (C=O) groups is 1. The van der Waals surface area contributed by atoms with Gasteiger partial charge in [0.1, 0.15) is 0 Å². The Morgan fingerprint density at radius 2 is 1.54 bits per heavy atom. The van der Waals surface area contributed by atoms with E-state index in [0.717, 1.165) is 25.7 Å². The molecule has 4 aromatic carbocycles. The lowest BCUT2D eigenvalue weighted by Crippen LogP contribution is -2.25. The van der Waals surface area contributed by atoms with E-state index in [1.807, 2.05) is 0 Å². The molecule has 0 bridgehead atoms. The fourth-order valence-corrected chi connectivity index (χ4v) is 3.97. The van der Waals surface area contributed by atoms with Crippen molar-refractivity contribution in [2.24, 2.45) is 0 Å². The molecule has 0 saturated heterocycles. The van der Waals surface area contributed by atoms with Gasteiger partial charge in [-0.25, -0.2) is 0 Å². The molecule has 0 spiro atoms. The van der Waals surface area contributed by atoms with E-state index < -0.39 is 0 Å². The average Bonchev–Trinajstić information content (AvgIpc) is 2.67. The van der Waals surface area contributed by atoms with Crippen LogP contribution in [-0.4, -0.2) is 12.5 Å². The third kappa shape index (κ3) is 3.12. The zero-order valence-electron chi connectivity index (χ0n) is 15.3. The molecule has 0 radical (unpaired) electrons. The summed E-state index contributed by atoms with van der Waals surface area (Å²) < 4.78 is 0. The zero-order chi connectivity index (χ0) is 17.9. The highest BCUT2D eigenvalue weighted by Crippen LogP contribution is 2.35. The SMILES string of the molecule is CCCCCC(=O)NCCc1ccc2ccc3cccc4ccc1c2c34. The van der Waals surface area contributed by atoms with Crippen LogP contribution >= 0.6 is 0 Å². The molecule has 0 heterocycles. The van der Waals surface area contributed by atoms with Gasteiger partial charge in [0.25, 0.3) is 0 Å². The number of hydrogen-bond donors (Lipinski definition) is 1. The predicted molar refractivity (Wildman–Crippen MR) is 111 cm³/mol. The highest BCUT2D eigenvalue weighted by atomic mass is 16.1. The van der Waals surface area contributed by atoms with Gasteiger partial charge < -0.3 is 5.32 Å². The number of rotatable bonds is 7. The number of nitrogens with one attached hydrogen (secondary N) is 1. The second kappa shape index (κ2) is 7.33. The average molecular weight is 343 g/mol. The van der Waals surface area contributed by atoms with E-state index in [1.54, 1.807) is 0 Å². The Morgan fingerprint density at radius 3 is 2.31 bits per heavy atom. The lowest BCUT2D eigenvalue weighted by Gasteiger charge is -2.14. The van der Waals surface area contributed by atoms with Crippen LogP contribution in [0.15, 0.2) is 54.6 Å². The Balaban J connectivity index is 1.59. The molecule has 1 N–H and O–H groups in total. The van der Waals surface area contributed by atoms with Crippen LogP contribution < -0.4 is 5.32 Å². The van der Waals surface area contributed by atoms with E-state index in [-0.39, 0.29) is 5.91 Å². The largest absolute Gasteiger partial charge is 0.356 e. The third-order valence-electron chi connectivity index (χ3n) is 5.34. The zero-order valence-corrected chi connectivity index (χ0v) is 15.3. The number of unbranched alkanes of at least 4 members (excludes halogenated alkanes) is 2. The minimum atomic E-state index is 0.177. The second-order valence-corrected chi connectivity index (χ2v) is 7.14. The van der Waals surface area contributed by atoms with Crippen molar-refractivity contribution in [1.29, 1.82) is 0 Å². The van der Waals surface area contributed by atoms with Crippen LogP contribution in [0.1, 0.15) is 38.2 Å². The van der Waals surface area contributed by atoms with Crippen LogP contribution in [-0.2, 0) is 11.2 Å². The predicted octanol–water partition coefficient (Wildman–Crippen LogP) is 5.82. The number of hydrogen-bond acceptors (Lipinski definition) is 1. The fraction of sp³-hybridized carbons (Fsp3) is 0.292. The van der Waals surface area contributed by atoms with Crippen molar-refractivity contribution in [2.75, 3.05) is 6.54 Å². The Hall–Kier alpha value is -2.61. The van der Waals surface area contributed by atoms with Gasteiger partial charge >= 0.3 is 0 Å². The molecule has 0 aromatic heterocycles. The molecule has 0 unspecified atom stereocenters. The van der Waals surface area contributed by atoms with Crippen molar-refractivity contribution in [2.45, 2.75) is 39.0 Å². The Kier molecular flexibility index (Phi) is 4.75. The number of benzene rings is 4. The molecule has 1 amide bonds. The second-order valence-electron chi connectivity index (χ2n) is 7.14. The topological polar surface area (TPSA) is 29.1 Å². The van der Waals surface area contributed by atoms with Crippen molar-refractivity contribution in [3.05, 3.63) is 60.2 Å². The molecule has 0 atom stereocenters. The van der Waals surface area contributed by atoms with E-state index in [9.17, 15) is 4.79 Å². The van der Waals surface area contributed by atoms with Gasteiger partial charge in [-0.05, 0) is 50.7 Å². The minimum Gasteiger partial charge on any atom is -0.356 e. The van der Waals surface area contributed by atoms with Crippen LogP contribution in [0.25, 0.3) is 32.3 Å². The maximum Gasteiger partial charge on any atom is 0.220 e. The van der Waals surface area contributed by atoms with Gasteiger partial charge in [0.05, 0.1) is 0 Å². The first-order chi connectivity index (χ1) is 12.8. The van der Waals surface area contributed by atoms with Gasteiger partial charge in [-0.1, -0.05) is 74.4 Å². The van der Waals surface area contributed by atoms with Crippen LogP contribution in [0, 0.1) is 0 Å². The van der Waals surface area contributed by atoms with Gasteiger partial charge in [-0.3, -0.25) is 4.79 Å². The highest BCUT2D eigenvalue weighted by Gasteiger charge is 2.10. The molecule has 0 aliphatic rings. The van der Waals surface area contributed by atoms with E-state index in [1.165, 1.54) is 37.9 Å². The first-order valence-electron chi connectivity index (χ1n) is 9.70. The van der Waals surface area contributed by atoms with Crippen molar-refractivity contribution >= 4 is 38.2 Å². The van der Waals surface area contributed by atoms with E-state index >= 15 is 0 Å². The Labute approximate surface area is 154 Å². The molecule has 2 nitrogen and oxygen atoms in total. The van der Waals surface area contributed by atoms with Crippen molar-refractivity contribution < 1.29 is 4.79 Å². The van der Waals surface area contributed by atoms with E-state index in [4.69, 9.17) is 0 Å². The summed E-state index contributed by atoms with van der Waals surface area (Å²) in [7, 11) is 0. The van der Waals surface area contributed by atoms with Crippen molar-refractivity contribution in [1.82, 2.24) is 5.32 Å². The monoisotopic (exact) mass is 343 g/mol. The number of amides is 1. The molecule has 0 aliphatic heterocycles. The maximum absolute atomic E-state index is 11.9. The van der Waals surface area contributed by atoms with Crippen LogP contribution in [0.4, 0.5) is 0 Å². The van der Waals surface area contributed by atoms with E-state index in [2.05, 4.69) is 66.8 Å². The summed E-state index contributed by atoms with van der Waals surface area (Å²) in [4.78, 5) is 11.9. The molecule has 132 valence electrons. The first-order valence-corrected chi connectivity index (χ1v) is 9.70. The normalized spacial score (nSPS) is 11.6. The lowest BCUT2D eigenvalue weighted by atomic mass is 9.91. The fourth-order valence-electron chi connectivity index (χ4n) is 3.97. The quantitative estimate of drug-likeness (QED) is 0.332. The first kappa shape index (κ1) is 16.8. The van der Waals surface area contributed by atoms with Gasteiger partial charge in [0.2, 0.25) is 5.91 Å². The summed E-state index contributed by atoms with van der Waals surface area (Å²) >= 11 is 0. The Morgan fingerprint density at radius 1 is 0.846 bits per heavy atom. The molecule has 0 saturated carbocycles. The molecular formula is C24H25NO. The highest BCUT2D eigenvalue weighted by molar-refractivity contribution is 6.23. The van der Waals surface area contributed by atoms with Gasteiger partial charge in [-0.2, -0.15) is 0 Å². The van der Waals surface area contributed by atoms with Crippen LogP contribution in [0.5, 0.6) is 0 Å². The molecule has 4 aromatic rings. The van der Waals surface area contributed by atoms with Gasteiger partial charge in [0.15, 0.2) is 0 Å². The summed E-state index contributed by atoms with van der Waals surface area (Å²) in [6, 6.07) is 19.8. The Bertz CT molecular complexity index is 1030. The molecule has 26 heavy (non-hydrogen) atoms. The summed E-state index contributed by atoms with van der Waals surface area (Å²) in [5, 5.41) is 11.0. The molecule has 0 fully saturated rings. The smallest absolute Gasteiger partial charge is 0.220 e. The maximum atomic E-state index is 11.9. The van der Waals surface area contributed by atoms with Crippen molar-refractivity contribution in [3.8, 4) is 0 Å².